The molecule has 1 saturated carbocycles. The Labute approximate surface area is 142 Å². The SMILES string of the molecule is O=C1CCCC/C1=C\C(=O)c1cnn(-c2ccccc2)c1C(F)(F)F. The van der Waals surface area contributed by atoms with Gasteiger partial charge in [0.2, 0.25) is 0 Å². The van der Waals surface area contributed by atoms with E-state index in [9.17, 15) is 22.8 Å². The van der Waals surface area contributed by atoms with Gasteiger partial charge >= 0.3 is 6.18 Å². The van der Waals surface area contributed by atoms with Gasteiger partial charge in [0.1, 0.15) is 0 Å². The highest BCUT2D eigenvalue weighted by Crippen LogP contribution is 2.34. The van der Waals surface area contributed by atoms with Gasteiger partial charge in [0.15, 0.2) is 17.3 Å². The standard InChI is InChI=1S/C18H15F3N2O2/c19-18(20,21)17-14(11-22-23(17)13-7-2-1-3-8-13)16(25)10-12-6-4-5-9-15(12)24/h1-3,7-8,10-11H,4-6,9H2/b12-10+. The average Bonchev–Trinajstić information content (AvgIpc) is 3.03. The Bertz CT molecular complexity index is 836. The summed E-state index contributed by atoms with van der Waals surface area (Å²) in [5.41, 5.74) is -1.20. The van der Waals surface area contributed by atoms with Gasteiger partial charge in [0.25, 0.3) is 0 Å². The highest BCUT2D eigenvalue weighted by atomic mass is 19.4. The number of hydrogen-bond acceptors (Lipinski definition) is 3. The maximum Gasteiger partial charge on any atom is 0.434 e. The number of Topliss-reactive ketones (excluding diaryl/α,β-unsaturated/α-hetero) is 1. The lowest BCUT2D eigenvalue weighted by Crippen LogP contribution is -2.17. The first-order chi connectivity index (χ1) is 11.9. The number of para-hydroxylation sites is 1. The van der Waals surface area contributed by atoms with E-state index in [0.29, 0.717) is 17.5 Å². The minimum Gasteiger partial charge on any atom is -0.295 e. The first-order valence-electron chi connectivity index (χ1n) is 7.86. The van der Waals surface area contributed by atoms with Crippen LogP contribution < -0.4 is 0 Å². The molecule has 7 heteroatoms. The van der Waals surface area contributed by atoms with Crippen LogP contribution in [0.5, 0.6) is 0 Å². The van der Waals surface area contributed by atoms with Crippen LogP contribution in [0.3, 0.4) is 0 Å². The van der Waals surface area contributed by atoms with E-state index in [1.807, 2.05) is 0 Å². The summed E-state index contributed by atoms with van der Waals surface area (Å²) in [5, 5.41) is 3.75. The fraction of sp³-hybridized carbons (Fsp3) is 0.278. The van der Waals surface area contributed by atoms with Crippen LogP contribution in [0.4, 0.5) is 13.2 Å². The van der Waals surface area contributed by atoms with Crippen LogP contribution in [-0.4, -0.2) is 21.3 Å². The number of carbonyl (C=O) groups is 2. The number of nitrogens with zero attached hydrogens (tertiary/aromatic N) is 2. The number of allylic oxidation sites excluding steroid dienone is 2. The minimum atomic E-state index is -4.76. The minimum absolute atomic E-state index is 0.177. The molecule has 130 valence electrons. The smallest absolute Gasteiger partial charge is 0.295 e. The van der Waals surface area contributed by atoms with Crippen molar-refractivity contribution in [2.45, 2.75) is 31.9 Å². The quantitative estimate of drug-likeness (QED) is 0.619. The molecule has 1 aliphatic carbocycles. The average molecular weight is 348 g/mol. The molecule has 0 atom stereocenters. The lowest BCUT2D eigenvalue weighted by Gasteiger charge is -2.13. The van der Waals surface area contributed by atoms with Crippen LogP contribution in [0.2, 0.25) is 0 Å². The van der Waals surface area contributed by atoms with Gasteiger partial charge in [-0.1, -0.05) is 18.2 Å². The third-order valence-corrected chi connectivity index (χ3v) is 4.07. The van der Waals surface area contributed by atoms with E-state index in [1.165, 1.54) is 12.1 Å². The molecule has 2 aromatic rings. The number of halogens is 3. The summed E-state index contributed by atoms with van der Waals surface area (Å²) < 4.78 is 41.3. The first-order valence-corrected chi connectivity index (χ1v) is 7.86. The van der Waals surface area contributed by atoms with Crippen molar-refractivity contribution in [1.29, 1.82) is 0 Å². The van der Waals surface area contributed by atoms with E-state index in [0.717, 1.165) is 25.1 Å². The van der Waals surface area contributed by atoms with E-state index in [4.69, 9.17) is 0 Å². The van der Waals surface area contributed by atoms with Crippen molar-refractivity contribution >= 4 is 11.6 Å². The van der Waals surface area contributed by atoms with E-state index >= 15 is 0 Å². The zero-order valence-electron chi connectivity index (χ0n) is 13.2. The topological polar surface area (TPSA) is 52.0 Å². The van der Waals surface area contributed by atoms with E-state index in [1.54, 1.807) is 18.2 Å². The number of ketones is 2. The molecule has 0 spiro atoms. The molecule has 0 amide bonds. The van der Waals surface area contributed by atoms with Gasteiger partial charge < -0.3 is 0 Å². The number of benzene rings is 1. The van der Waals surface area contributed by atoms with E-state index in [-0.39, 0.29) is 17.0 Å². The molecule has 0 bridgehead atoms. The second-order valence-corrected chi connectivity index (χ2v) is 5.82. The third kappa shape index (κ3) is 3.55. The molecule has 0 N–H and O–H groups in total. The summed E-state index contributed by atoms with van der Waals surface area (Å²) in [5.74, 6) is -1.02. The molecular weight excluding hydrogens is 333 g/mol. The Kier molecular flexibility index (Phi) is 4.57. The molecular formula is C18H15F3N2O2. The Morgan fingerprint density at radius 3 is 2.44 bits per heavy atom. The molecule has 0 aliphatic heterocycles. The number of alkyl halides is 3. The Morgan fingerprint density at radius 1 is 1.12 bits per heavy atom. The van der Waals surface area contributed by atoms with Crippen LogP contribution in [0.25, 0.3) is 5.69 Å². The molecule has 1 aliphatic rings. The zero-order chi connectivity index (χ0) is 18.0. The number of aromatic nitrogens is 2. The molecule has 1 fully saturated rings. The monoisotopic (exact) mass is 348 g/mol. The molecule has 0 saturated heterocycles. The highest BCUT2D eigenvalue weighted by molar-refractivity contribution is 6.10. The summed E-state index contributed by atoms with van der Waals surface area (Å²) in [6.07, 6.45) is -0.588. The molecule has 1 aromatic carbocycles. The van der Waals surface area contributed by atoms with Crippen molar-refractivity contribution in [3.05, 3.63) is 59.4 Å². The van der Waals surface area contributed by atoms with Crippen LogP contribution >= 0.6 is 0 Å². The maximum atomic E-state index is 13.5. The lowest BCUT2D eigenvalue weighted by atomic mass is 9.92. The lowest BCUT2D eigenvalue weighted by molar-refractivity contribution is -0.143. The molecule has 0 radical (unpaired) electrons. The number of hydrogen-bond donors (Lipinski definition) is 0. The second kappa shape index (κ2) is 6.66. The van der Waals surface area contributed by atoms with Gasteiger partial charge in [0.05, 0.1) is 17.4 Å². The van der Waals surface area contributed by atoms with Crippen LogP contribution in [0.1, 0.15) is 41.7 Å². The summed E-state index contributed by atoms with van der Waals surface area (Å²) in [4.78, 5) is 24.2. The van der Waals surface area contributed by atoms with Gasteiger partial charge in [-0.3, -0.25) is 9.59 Å². The number of carbonyl (C=O) groups excluding carboxylic acids is 2. The predicted molar refractivity (Wildman–Crippen MR) is 84.5 cm³/mol. The number of rotatable bonds is 3. The van der Waals surface area contributed by atoms with Crippen molar-refractivity contribution in [3.8, 4) is 5.69 Å². The first kappa shape index (κ1) is 17.1. The zero-order valence-corrected chi connectivity index (χ0v) is 13.2. The van der Waals surface area contributed by atoms with Crippen molar-refractivity contribution in [3.63, 3.8) is 0 Å². The van der Waals surface area contributed by atoms with Gasteiger partial charge in [-0.25, -0.2) is 4.68 Å². The Morgan fingerprint density at radius 2 is 1.80 bits per heavy atom. The van der Waals surface area contributed by atoms with Crippen molar-refractivity contribution in [2.24, 2.45) is 0 Å². The predicted octanol–water partition coefficient (Wildman–Crippen LogP) is 4.14. The third-order valence-electron chi connectivity index (χ3n) is 4.07. The summed E-state index contributed by atoms with van der Waals surface area (Å²) >= 11 is 0. The summed E-state index contributed by atoms with van der Waals surface area (Å²) in [6.45, 7) is 0. The van der Waals surface area contributed by atoms with E-state index < -0.39 is 23.2 Å². The molecule has 1 heterocycles. The van der Waals surface area contributed by atoms with Crippen molar-refractivity contribution in [1.82, 2.24) is 9.78 Å². The highest BCUT2D eigenvalue weighted by Gasteiger charge is 2.40. The molecule has 1 aromatic heterocycles. The van der Waals surface area contributed by atoms with Gasteiger partial charge in [-0.05, 0) is 43.0 Å². The largest absolute Gasteiger partial charge is 0.434 e. The van der Waals surface area contributed by atoms with Gasteiger partial charge in [0, 0.05) is 6.42 Å². The normalized spacial score (nSPS) is 17.1. The fourth-order valence-corrected chi connectivity index (χ4v) is 2.86. The van der Waals surface area contributed by atoms with Gasteiger partial charge in [-0.2, -0.15) is 18.3 Å². The fourth-order valence-electron chi connectivity index (χ4n) is 2.86. The Hall–Kier alpha value is -2.70. The van der Waals surface area contributed by atoms with Crippen molar-refractivity contribution < 1.29 is 22.8 Å². The summed E-state index contributed by atoms with van der Waals surface area (Å²) in [6, 6.07) is 7.79. The molecule has 25 heavy (non-hydrogen) atoms. The van der Waals surface area contributed by atoms with Crippen LogP contribution in [-0.2, 0) is 11.0 Å². The maximum absolute atomic E-state index is 13.5. The van der Waals surface area contributed by atoms with Gasteiger partial charge in [-0.15, -0.1) is 0 Å². The molecule has 3 rings (SSSR count). The van der Waals surface area contributed by atoms with E-state index in [2.05, 4.69) is 5.10 Å². The Balaban J connectivity index is 2.05. The van der Waals surface area contributed by atoms with Crippen molar-refractivity contribution in [2.75, 3.05) is 0 Å². The molecule has 0 unspecified atom stereocenters. The van der Waals surface area contributed by atoms with Crippen LogP contribution in [0, 0.1) is 0 Å². The van der Waals surface area contributed by atoms with Crippen LogP contribution in [0.15, 0.2) is 48.2 Å². The molecule has 4 nitrogen and oxygen atoms in total. The second-order valence-electron chi connectivity index (χ2n) is 5.82. The summed E-state index contributed by atoms with van der Waals surface area (Å²) in [7, 11) is 0.